The maximum Gasteiger partial charge on any atom is 0.340 e. The van der Waals surface area contributed by atoms with Gasteiger partial charge in [0.05, 0.1) is 15.6 Å². The van der Waals surface area contributed by atoms with Crippen molar-refractivity contribution >= 4 is 52.4 Å². The first-order valence-corrected chi connectivity index (χ1v) is 9.58. The Bertz CT molecular complexity index is 902. The van der Waals surface area contributed by atoms with E-state index < -0.39 is 18.4 Å². The van der Waals surface area contributed by atoms with Crippen molar-refractivity contribution in [2.45, 2.75) is 0 Å². The molecule has 1 heterocycles. The van der Waals surface area contributed by atoms with E-state index >= 15 is 0 Å². The van der Waals surface area contributed by atoms with Crippen molar-refractivity contribution in [1.82, 2.24) is 4.90 Å². The molecule has 3 rings (SSSR count). The van der Waals surface area contributed by atoms with Gasteiger partial charge in [-0.25, -0.2) is 9.18 Å². The van der Waals surface area contributed by atoms with Crippen molar-refractivity contribution in [3.63, 3.8) is 0 Å². The fourth-order valence-corrected chi connectivity index (χ4v) is 3.51. The lowest BCUT2D eigenvalue weighted by Gasteiger charge is -2.36. The summed E-state index contributed by atoms with van der Waals surface area (Å²) < 4.78 is 18.5. The summed E-state index contributed by atoms with van der Waals surface area (Å²) in [6.45, 7) is 1.79. The fraction of sp³-hybridized carbons (Fsp3) is 0.263. The number of esters is 1. The molecular formula is C19H16Cl3FN2O3. The topological polar surface area (TPSA) is 49.9 Å². The summed E-state index contributed by atoms with van der Waals surface area (Å²) in [7, 11) is 0. The summed E-state index contributed by atoms with van der Waals surface area (Å²) in [5.74, 6) is -2.00. The van der Waals surface area contributed by atoms with Crippen LogP contribution < -0.4 is 4.90 Å². The number of hydrogen-bond acceptors (Lipinski definition) is 4. The highest BCUT2D eigenvalue weighted by molar-refractivity contribution is 6.36. The molecule has 0 bridgehead atoms. The summed E-state index contributed by atoms with van der Waals surface area (Å²) in [6.07, 6.45) is 0. The smallest absolute Gasteiger partial charge is 0.340 e. The first-order chi connectivity index (χ1) is 13.3. The molecule has 0 aliphatic carbocycles. The van der Waals surface area contributed by atoms with Crippen LogP contribution in [0.25, 0.3) is 0 Å². The Morgan fingerprint density at radius 2 is 1.71 bits per heavy atom. The quantitative estimate of drug-likeness (QED) is 0.520. The lowest BCUT2D eigenvalue weighted by Crippen LogP contribution is -2.49. The van der Waals surface area contributed by atoms with Crippen LogP contribution in [-0.2, 0) is 9.53 Å². The third-order valence-corrected chi connectivity index (χ3v) is 5.20. The maximum absolute atomic E-state index is 13.5. The van der Waals surface area contributed by atoms with Crippen molar-refractivity contribution in [3.05, 3.63) is 62.8 Å². The van der Waals surface area contributed by atoms with Gasteiger partial charge in [-0.15, -0.1) is 0 Å². The maximum atomic E-state index is 13.5. The fourth-order valence-electron chi connectivity index (χ4n) is 2.86. The van der Waals surface area contributed by atoms with Gasteiger partial charge in [0.1, 0.15) is 5.82 Å². The van der Waals surface area contributed by atoms with Gasteiger partial charge < -0.3 is 14.5 Å². The summed E-state index contributed by atoms with van der Waals surface area (Å²) in [4.78, 5) is 28.1. The molecule has 2 aromatic rings. The lowest BCUT2D eigenvalue weighted by atomic mass is 10.2. The van der Waals surface area contributed by atoms with E-state index in [1.165, 1.54) is 0 Å². The Morgan fingerprint density at radius 1 is 1.00 bits per heavy atom. The van der Waals surface area contributed by atoms with E-state index in [0.717, 1.165) is 17.8 Å². The van der Waals surface area contributed by atoms with E-state index in [1.54, 1.807) is 11.0 Å². The third kappa shape index (κ3) is 4.87. The lowest BCUT2D eigenvalue weighted by molar-refractivity contribution is -0.134. The first kappa shape index (κ1) is 20.7. The monoisotopic (exact) mass is 444 g/mol. The van der Waals surface area contributed by atoms with E-state index in [0.29, 0.717) is 31.2 Å². The van der Waals surface area contributed by atoms with E-state index in [1.807, 2.05) is 18.2 Å². The van der Waals surface area contributed by atoms with Crippen LogP contribution in [0, 0.1) is 5.82 Å². The summed E-state index contributed by atoms with van der Waals surface area (Å²) in [6, 6.07) is 9.51. The number of benzene rings is 2. The van der Waals surface area contributed by atoms with Crippen molar-refractivity contribution in [2.24, 2.45) is 0 Å². The zero-order chi connectivity index (χ0) is 20.3. The second kappa shape index (κ2) is 8.99. The van der Waals surface area contributed by atoms with Crippen molar-refractivity contribution in [1.29, 1.82) is 0 Å². The Balaban J connectivity index is 1.52. The Labute approximate surface area is 176 Å². The second-order valence-electron chi connectivity index (χ2n) is 6.17. The molecule has 0 saturated carbocycles. The predicted octanol–water partition coefficient (Wildman–Crippen LogP) is 4.29. The minimum Gasteiger partial charge on any atom is -0.452 e. The number of halogens is 4. The van der Waals surface area contributed by atoms with Crippen LogP contribution >= 0.6 is 34.8 Å². The molecule has 1 fully saturated rings. The molecule has 0 spiro atoms. The number of carbonyl (C=O) groups is 2. The number of carbonyl (C=O) groups excluding carboxylic acids is 2. The van der Waals surface area contributed by atoms with E-state index in [9.17, 15) is 14.0 Å². The number of ether oxygens (including phenoxy) is 1. The molecule has 9 heteroatoms. The Morgan fingerprint density at radius 3 is 2.39 bits per heavy atom. The van der Waals surface area contributed by atoms with E-state index in [4.69, 9.17) is 39.5 Å². The molecule has 148 valence electrons. The summed E-state index contributed by atoms with van der Waals surface area (Å²) in [5, 5.41) is 0.411. The van der Waals surface area contributed by atoms with Crippen LogP contribution in [0.4, 0.5) is 10.1 Å². The molecule has 0 radical (unpaired) electrons. The molecule has 28 heavy (non-hydrogen) atoms. The molecule has 2 aromatic carbocycles. The van der Waals surface area contributed by atoms with Gasteiger partial charge in [-0.05, 0) is 30.3 Å². The van der Waals surface area contributed by atoms with Crippen LogP contribution in [0.2, 0.25) is 15.1 Å². The average Bonchev–Trinajstić information content (AvgIpc) is 2.68. The highest BCUT2D eigenvalue weighted by Gasteiger charge is 2.23. The molecule has 0 N–H and O–H groups in total. The standard InChI is InChI=1S/C19H16Cl3FN2O3/c20-12-2-1-3-13(8-12)24-4-6-25(7-5-24)18(26)11-28-19(27)14-9-17(23)16(22)10-15(14)21/h1-3,8-10H,4-7,11H2. The minimum atomic E-state index is -0.883. The van der Waals surface area contributed by atoms with Crippen LogP contribution in [-0.4, -0.2) is 49.6 Å². The highest BCUT2D eigenvalue weighted by atomic mass is 35.5. The number of amides is 1. The zero-order valence-corrected chi connectivity index (χ0v) is 16.9. The third-order valence-electron chi connectivity index (χ3n) is 4.36. The summed E-state index contributed by atoms with van der Waals surface area (Å²) in [5.41, 5.74) is 0.813. The van der Waals surface area contributed by atoms with Crippen LogP contribution in [0.5, 0.6) is 0 Å². The number of rotatable bonds is 4. The first-order valence-electron chi connectivity index (χ1n) is 8.45. The molecule has 1 aliphatic heterocycles. The van der Waals surface area contributed by atoms with Gasteiger partial charge in [0.15, 0.2) is 6.61 Å². The average molecular weight is 446 g/mol. The van der Waals surface area contributed by atoms with Gasteiger partial charge in [0.2, 0.25) is 0 Å². The van der Waals surface area contributed by atoms with Crippen molar-refractivity contribution in [3.8, 4) is 0 Å². The van der Waals surface area contributed by atoms with E-state index in [2.05, 4.69) is 4.90 Å². The highest BCUT2D eigenvalue weighted by Crippen LogP contribution is 2.25. The van der Waals surface area contributed by atoms with Crippen LogP contribution in [0.3, 0.4) is 0 Å². The van der Waals surface area contributed by atoms with Gasteiger partial charge in [-0.3, -0.25) is 4.79 Å². The molecular weight excluding hydrogens is 430 g/mol. The Hall–Kier alpha value is -2.02. The van der Waals surface area contributed by atoms with Gasteiger partial charge in [0.25, 0.3) is 5.91 Å². The van der Waals surface area contributed by atoms with Crippen molar-refractivity contribution in [2.75, 3.05) is 37.7 Å². The second-order valence-corrected chi connectivity index (χ2v) is 7.42. The normalized spacial score (nSPS) is 14.1. The Kier molecular flexibility index (Phi) is 6.65. The van der Waals surface area contributed by atoms with Crippen molar-refractivity contribution < 1.29 is 18.7 Å². The van der Waals surface area contributed by atoms with Gasteiger partial charge in [0, 0.05) is 36.9 Å². The number of anilines is 1. The number of hydrogen-bond donors (Lipinski definition) is 0. The van der Waals surface area contributed by atoms with E-state index in [-0.39, 0.29) is 21.5 Å². The molecule has 0 atom stereocenters. The molecule has 1 aliphatic rings. The SMILES string of the molecule is O=C(OCC(=O)N1CCN(c2cccc(Cl)c2)CC1)c1cc(F)c(Cl)cc1Cl. The molecule has 1 amide bonds. The van der Waals surface area contributed by atoms with Gasteiger partial charge in [-0.1, -0.05) is 40.9 Å². The molecule has 1 saturated heterocycles. The van der Waals surface area contributed by atoms with Crippen LogP contribution in [0.1, 0.15) is 10.4 Å². The largest absolute Gasteiger partial charge is 0.452 e. The van der Waals surface area contributed by atoms with Crippen LogP contribution in [0.15, 0.2) is 36.4 Å². The predicted molar refractivity (Wildman–Crippen MR) is 107 cm³/mol. The molecule has 5 nitrogen and oxygen atoms in total. The minimum absolute atomic E-state index is 0.0426. The number of piperazine rings is 1. The van der Waals surface area contributed by atoms with Gasteiger partial charge in [-0.2, -0.15) is 0 Å². The molecule has 0 unspecified atom stereocenters. The zero-order valence-electron chi connectivity index (χ0n) is 14.6. The number of nitrogens with zero attached hydrogens (tertiary/aromatic N) is 2. The molecule has 0 aromatic heterocycles. The summed E-state index contributed by atoms with van der Waals surface area (Å²) >= 11 is 17.5. The van der Waals surface area contributed by atoms with Gasteiger partial charge >= 0.3 is 5.97 Å².